The summed E-state index contributed by atoms with van der Waals surface area (Å²) in [6, 6.07) is 0.244. The Morgan fingerprint density at radius 2 is 1.71 bits per heavy atom. The molecule has 0 fully saturated rings. The highest BCUT2D eigenvalue weighted by molar-refractivity contribution is 5.69. The molecule has 0 saturated carbocycles. The van der Waals surface area contributed by atoms with Crippen molar-refractivity contribution in [3.05, 3.63) is 0 Å². The number of hydrogen-bond acceptors (Lipinski definition) is 3. The molecule has 0 aliphatic heterocycles. The Bertz CT molecular complexity index is 183. The van der Waals surface area contributed by atoms with E-state index in [9.17, 15) is 4.79 Å². The van der Waals surface area contributed by atoms with Crippen LogP contribution in [0.2, 0.25) is 0 Å². The fourth-order valence-corrected chi connectivity index (χ4v) is 1.60. The van der Waals surface area contributed by atoms with Gasteiger partial charge >= 0.3 is 5.97 Å². The van der Waals surface area contributed by atoms with Crippen LogP contribution in [0.15, 0.2) is 0 Å². The van der Waals surface area contributed by atoms with Gasteiger partial charge in [0.2, 0.25) is 0 Å². The zero-order chi connectivity index (χ0) is 12.9. The second kappa shape index (κ2) is 11.9. The van der Waals surface area contributed by atoms with Crippen molar-refractivity contribution in [2.45, 2.75) is 71.3 Å². The molecule has 0 rings (SSSR count). The molecule has 3 heteroatoms. The topological polar surface area (TPSA) is 38.3 Å². The van der Waals surface area contributed by atoms with E-state index in [1.165, 1.54) is 32.1 Å². The fraction of sp³-hybridized carbons (Fsp3) is 0.929. The van der Waals surface area contributed by atoms with Gasteiger partial charge < -0.3 is 10.1 Å². The van der Waals surface area contributed by atoms with Gasteiger partial charge in [-0.1, -0.05) is 45.4 Å². The van der Waals surface area contributed by atoms with E-state index in [0.717, 1.165) is 12.8 Å². The number of rotatable bonds is 11. The van der Waals surface area contributed by atoms with Crippen LogP contribution < -0.4 is 5.32 Å². The monoisotopic (exact) mass is 243 g/mol. The zero-order valence-electron chi connectivity index (χ0n) is 11.8. The van der Waals surface area contributed by atoms with Gasteiger partial charge in [-0.15, -0.1) is 0 Å². The molecule has 1 N–H and O–H groups in total. The molecule has 0 aliphatic carbocycles. The van der Waals surface area contributed by atoms with Crippen molar-refractivity contribution in [1.82, 2.24) is 5.32 Å². The summed E-state index contributed by atoms with van der Waals surface area (Å²) in [7, 11) is 1.87. The average molecular weight is 243 g/mol. The van der Waals surface area contributed by atoms with Crippen LogP contribution in [0.5, 0.6) is 0 Å². The van der Waals surface area contributed by atoms with E-state index >= 15 is 0 Å². The van der Waals surface area contributed by atoms with Crippen LogP contribution in [-0.2, 0) is 9.53 Å². The lowest BCUT2D eigenvalue weighted by Gasteiger charge is -2.10. The molecule has 0 spiro atoms. The highest BCUT2D eigenvalue weighted by atomic mass is 16.5. The number of esters is 1. The lowest BCUT2D eigenvalue weighted by molar-refractivity contribution is -0.144. The van der Waals surface area contributed by atoms with E-state index in [-0.39, 0.29) is 12.0 Å². The summed E-state index contributed by atoms with van der Waals surface area (Å²) in [6.45, 7) is 4.70. The molecule has 0 aromatic carbocycles. The molecular formula is C14H29NO2. The third kappa shape index (κ3) is 11.7. The number of likely N-dealkylation sites (N-methyl/N-ethyl adjacent to an activating group) is 1. The molecule has 0 aliphatic rings. The van der Waals surface area contributed by atoms with Crippen molar-refractivity contribution >= 4 is 5.97 Å². The number of carbonyl (C=O) groups is 1. The van der Waals surface area contributed by atoms with Gasteiger partial charge in [-0.2, -0.15) is 0 Å². The summed E-state index contributed by atoms with van der Waals surface area (Å²) in [5.74, 6) is -0.0549. The first-order valence-corrected chi connectivity index (χ1v) is 7.03. The van der Waals surface area contributed by atoms with Gasteiger partial charge in [0.15, 0.2) is 0 Å². The van der Waals surface area contributed by atoms with Gasteiger partial charge in [-0.3, -0.25) is 4.79 Å². The molecule has 0 aromatic rings. The maximum Gasteiger partial charge on any atom is 0.305 e. The summed E-state index contributed by atoms with van der Waals surface area (Å²) in [6.07, 6.45) is 9.21. The van der Waals surface area contributed by atoms with Crippen molar-refractivity contribution in [3.63, 3.8) is 0 Å². The molecule has 0 radical (unpaired) electrons. The molecule has 1 unspecified atom stereocenters. The minimum Gasteiger partial charge on any atom is -0.464 e. The van der Waals surface area contributed by atoms with Crippen LogP contribution in [-0.4, -0.2) is 25.7 Å². The first-order valence-electron chi connectivity index (χ1n) is 7.03. The quantitative estimate of drug-likeness (QED) is 0.447. The van der Waals surface area contributed by atoms with Gasteiger partial charge in [-0.05, 0) is 20.4 Å². The molecule has 0 aromatic heterocycles. The fourth-order valence-electron chi connectivity index (χ4n) is 1.60. The maximum absolute atomic E-state index is 11.3. The van der Waals surface area contributed by atoms with Crippen LogP contribution in [0.3, 0.4) is 0 Å². The maximum atomic E-state index is 11.3. The smallest absolute Gasteiger partial charge is 0.305 e. The minimum atomic E-state index is -0.0549. The normalized spacial score (nSPS) is 12.4. The summed E-state index contributed by atoms with van der Waals surface area (Å²) < 4.78 is 5.14. The van der Waals surface area contributed by atoms with Gasteiger partial charge in [-0.25, -0.2) is 0 Å². The molecule has 0 saturated heterocycles. The third-order valence-electron chi connectivity index (χ3n) is 2.97. The Morgan fingerprint density at radius 3 is 2.29 bits per heavy atom. The van der Waals surface area contributed by atoms with E-state index in [1.54, 1.807) is 0 Å². The van der Waals surface area contributed by atoms with E-state index in [2.05, 4.69) is 12.2 Å². The highest BCUT2D eigenvalue weighted by Crippen LogP contribution is 2.08. The van der Waals surface area contributed by atoms with Crippen LogP contribution in [0, 0.1) is 0 Å². The lowest BCUT2D eigenvalue weighted by Crippen LogP contribution is -2.28. The number of unbranched alkanes of at least 4 members (excludes halogenated alkanes) is 6. The van der Waals surface area contributed by atoms with Crippen molar-refractivity contribution in [1.29, 1.82) is 0 Å². The standard InChI is InChI=1S/C14H29NO2/c1-4-5-6-7-8-9-10-11-14(16)17-12-13(2)15-3/h13,15H,4-12H2,1-3H3. The molecule has 3 nitrogen and oxygen atoms in total. The van der Waals surface area contributed by atoms with E-state index in [0.29, 0.717) is 13.0 Å². The number of carbonyl (C=O) groups excluding carboxylic acids is 1. The lowest BCUT2D eigenvalue weighted by atomic mass is 10.1. The Morgan fingerprint density at radius 1 is 1.12 bits per heavy atom. The largest absolute Gasteiger partial charge is 0.464 e. The van der Waals surface area contributed by atoms with Crippen molar-refractivity contribution < 1.29 is 9.53 Å². The molecule has 17 heavy (non-hydrogen) atoms. The molecule has 102 valence electrons. The summed E-state index contributed by atoms with van der Waals surface area (Å²) in [5, 5.41) is 3.04. The molecule has 0 bridgehead atoms. The Hall–Kier alpha value is -0.570. The molecule has 0 amide bonds. The predicted octanol–water partition coefficient (Wildman–Crippen LogP) is 3.28. The molecule has 1 atom stereocenters. The Labute approximate surface area is 106 Å². The molecule has 0 heterocycles. The number of hydrogen-bond donors (Lipinski definition) is 1. The first-order chi connectivity index (χ1) is 8.20. The van der Waals surface area contributed by atoms with Crippen molar-refractivity contribution in [2.24, 2.45) is 0 Å². The number of ether oxygens (including phenoxy) is 1. The molecular weight excluding hydrogens is 214 g/mol. The Kier molecular flexibility index (Phi) is 11.5. The van der Waals surface area contributed by atoms with Crippen molar-refractivity contribution in [3.8, 4) is 0 Å². The third-order valence-corrected chi connectivity index (χ3v) is 2.97. The average Bonchev–Trinajstić information content (AvgIpc) is 2.34. The second-order valence-electron chi connectivity index (χ2n) is 4.74. The van der Waals surface area contributed by atoms with Crippen LogP contribution in [0.1, 0.15) is 65.2 Å². The summed E-state index contributed by atoms with van der Waals surface area (Å²) in [4.78, 5) is 11.3. The second-order valence-corrected chi connectivity index (χ2v) is 4.74. The Balaban J connectivity index is 3.22. The van der Waals surface area contributed by atoms with E-state index in [1.807, 2.05) is 14.0 Å². The van der Waals surface area contributed by atoms with E-state index in [4.69, 9.17) is 4.74 Å². The zero-order valence-corrected chi connectivity index (χ0v) is 11.8. The van der Waals surface area contributed by atoms with Crippen molar-refractivity contribution in [2.75, 3.05) is 13.7 Å². The number of nitrogens with one attached hydrogen (secondary N) is 1. The summed E-state index contributed by atoms with van der Waals surface area (Å²) in [5.41, 5.74) is 0. The minimum absolute atomic E-state index is 0.0549. The van der Waals surface area contributed by atoms with Crippen LogP contribution >= 0.6 is 0 Å². The summed E-state index contributed by atoms with van der Waals surface area (Å²) >= 11 is 0. The van der Waals surface area contributed by atoms with Crippen LogP contribution in [0.4, 0.5) is 0 Å². The SMILES string of the molecule is CCCCCCCCCC(=O)OCC(C)NC. The predicted molar refractivity (Wildman–Crippen MR) is 72.1 cm³/mol. The first kappa shape index (κ1) is 16.4. The van der Waals surface area contributed by atoms with Gasteiger partial charge in [0, 0.05) is 12.5 Å². The highest BCUT2D eigenvalue weighted by Gasteiger charge is 2.05. The van der Waals surface area contributed by atoms with E-state index < -0.39 is 0 Å². The van der Waals surface area contributed by atoms with Gasteiger partial charge in [0.05, 0.1) is 0 Å². The van der Waals surface area contributed by atoms with Gasteiger partial charge in [0.1, 0.15) is 6.61 Å². The van der Waals surface area contributed by atoms with Gasteiger partial charge in [0.25, 0.3) is 0 Å². The van der Waals surface area contributed by atoms with Crippen LogP contribution in [0.25, 0.3) is 0 Å².